The van der Waals surface area contributed by atoms with Gasteiger partial charge in [-0.05, 0) is 80.7 Å². The van der Waals surface area contributed by atoms with E-state index in [1.165, 1.54) is 62.9 Å². The molecule has 0 radical (unpaired) electrons. The van der Waals surface area contributed by atoms with E-state index in [0.717, 1.165) is 24.2 Å². The predicted octanol–water partition coefficient (Wildman–Crippen LogP) is 5.73. The van der Waals surface area contributed by atoms with Crippen molar-refractivity contribution < 1.29 is 4.74 Å². The molecule has 0 aromatic heterocycles. The Labute approximate surface area is 164 Å². The SMILES string of the molecule is CCOc1ccc(C(CCN2CC3CCC(CC3)C2)c2ccccc2)cc1. The van der Waals surface area contributed by atoms with Crippen LogP contribution in [0.25, 0.3) is 0 Å². The second-order valence-electron chi connectivity index (χ2n) is 8.40. The van der Waals surface area contributed by atoms with Crippen LogP contribution in [-0.4, -0.2) is 31.1 Å². The zero-order valence-electron chi connectivity index (χ0n) is 16.6. The second-order valence-corrected chi connectivity index (χ2v) is 8.40. The minimum Gasteiger partial charge on any atom is -0.494 e. The molecule has 0 amide bonds. The van der Waals surface area contributed by atoms with Gasteiger partial charge in [0.2, 0.25) is 0 Å². The first-order valence-corrected chi connectivity index (χ1v) is 10.8. The third-order valence-electron chi connectivity index (χ3n) is 6.53. The first-order chi connectivity index (χ1) is 13.3. The molecular formula is C25H33NO. The summed E-state index contributed by atoms with van der Waals surface area (Å²) in [4.78, 5) is 2.76. The monoisotopic (exact) mass is 363 g/mol. The Bertz CT molecular complexity index is 674. The minimum atomic E-state index is 0.461. The van der Waals surface area contributed by atoms with Crippen LogP contribution in [0.2, 0.25) is 0 Å². The summed E-state index contributed by atoms with van der Waals surface area (Å²) in [6, 6.07) is 19.8. The Morgan fingerprint density at radius 2 is 1.44 bits per heavy atom. The van der Waals surface area contributed by atoms with Crippen LogP contribution in [0.4, 0.5) is 0 Å². The summed E-state index contributed by atoms with van der Waals surface area (Å²) < 4.78 is 5.64. The molecule has 2 heterocycles. The Morgan fingerprint density at radius 3 is 2.04 bits per heavy atom. The summed E-state index contributed by atoms with van der Waals surface area (Å²) in [6.07, 6.45) is 7.03. The Balaban J connectivity index is 1.48. The smallest absolute Gasteiger partial charge is 0.119 e. The zero-order chi connectivity index (χ0) is 18.5. The van der Waals surface area contributed by atoms with Crippen LogP contribution in [0.5, 0.6) is 5.75 Å². The molecule has 2 bridgehead atoms. The third kappa shape index (κ3) is 4.73. The van der Waals surface area contributed by atoms with Crippen molar-refractivity contribution in [1.82, 2.24) is 4.90 Å². The molecule has 1 atom stereocenters. The number of hydrogen-bond donors (Lipinski definition) is 0. The maximum atomic E-state index is 5.64. The molecule has 144 valence electrons. The molecule has 27 heavy (non-hydrogen) atoms. The predicted molar refractivity (Wildman–Crippen MR) is 112 cm³/mol. The summed E-state index contributed by atoms with van der Waals surface area (Å²) in [5.74, 6) is 3.33. The van der Waals surface area contributed by atoms with E-state index in [0.29, 0.717) is 5.92 Å². The van der Waals surface area contributed by atoms with Crippen molar-refractivity contribution in [3.8, 4) is 5.75 Å². The number of nitrogens with zero attached hydrogens (tertiary/aromatic N) is 1. The zero-order valence-corrected chi connectivity index (χ0v) is 16.6. The van der Waals surface area contributed by atoms with E-state index >= 15 is 0 Å². The normalized spacial score (nSPS) is 23.7. The highest BCUT2D eigenvalue weighted by atomic mass is 16.5. The second kappa shape index (κ2) is 8.93. The standard InChI is InChI=1S/C25H33NO/c1-2-27-24-14-12-23(13-15-24)25(22-6-4-3-5-7-22)16-17-26-18-20-8-9-21(19-26)11-10-20/h3-7,12-15,20-21,25H,2,8-11,16-19H2,1H3. The Morgan fingerprint density at radius 1 is 0.852 bits per heavy atom. The fourth-order valence-corrected chi connectivity index (χ4v) is 5.07. The van der Waals surface area contributed by atoms with Crippen molar-refractivity contribution in [2.45, 2.75) is 44.9 Å². The lowest BCUT2D eigenvalue weighted by Gasteiger charge is -2.26. The van der Waals surface area contributed by atoms with Gasteiger partial charge in [0.1, 0.15) is 5.75 Å². The lowest BCUT2D eigenvalue weighted by Crippen LogP contribution is -2.30. The molecule has 2 aromatic rings. The molecular weight excluding hydrogens is 330 g/mol. The van der Waals surface area contributed by atoms with Crippen molar-refractivity contribution in [3.05, 3.63) is 65.7 Å². The maximum absolute atomic E-state index is 5.64. The van der Waals surface area contributed by atoms with Gasteiger partial charge in [0.25, 0.3) is 0 Å². The van der Waals surface area contributed by atoms with Gasteiger partial charge in [-0.15, -0.1) is 0 Å². The van der Waals surface area contributed by atoms with Gasteiger partial charge in [-0.2, -0.15) is 0 Å². The summed E-state index contributed by atoms with van der Waals surface area (Å²) in [5, 5.41) is 0. The molecule has 2 nitrogen and oxygen atoms in total. The molecule has 2 aromatic carbocycles. The molecule has 0 N–H and O–H groups in total. The fraction of sp³-hybridized carbons (Fsp3) is 0.520. The first-order valence-electron chi connectivity index (χ1n) is 10.8. The van der Waals surface area contributed by atoms with E-state index in [4.69, 9.17) is 4.74 Å². The van der Waals surface area contributed by atoms with Gasteiger partial charge in [0.15, 0.2) is 0 Å². The summed E-state index contributed by atoms with van der Waals surface area (Å²) in [5.41, 5.74) is 2.84. The highest BCUT2D eigenvalue weighted by Gasteiger charge is 2.29. The number of ether oxygens (including phenoxy) is 1. The highest BCUT2D eigenvalue weighted by molar-refractivity contribution is 5.36. The average Bonchev–Trinajstić information content (AvgIpc) is 3.03. The van der Waals surface area contributed by atoms with E-state index in [9.17, 15) is 0 Å². The van der Waals surface area contributed by atoms with Crippen molar-refractivity contribution in [2.24, 2.45) is 11.8 Å². The van der Waals surface area contributed by atoms with Crippen LogP contribution in [0.3, 0.4) is 0 Å². The van der Waals surface area contributed by atoms with Crippen LogP contribution < -0.4 is 4.74 Å². The van der Waals surface area contributed by atoms with Crippen LogP contribution in [0, 0.1) is 11.8 Å². The molecule has 1 aliphatic carbocycles. The maximum Gasteiger partial charge on any atom is 0.119 e. The van der Waals surface area contributed by atoms with Crippen molar-refractivity contribution in [3.63, 3.8) is 0 Å². The number of fused-ring (bicyclic) bond motifs is 4. The fourth-order valence-electron chi connectivity index (χ4n) is 5.07. The van der Waals surface area contributed by atoms with Gasteiger partial charge in [0.05, 0.1) is 6.61 Å². The van der Waals surface area contributed by atoms with Gasteiger partial charge in [-0.25, -0.2) is 0 Å². The van der Waals surface area contributed by atoms with Gasteiger partial charge in [-0.1, -0.05) is 42.5 Å². The molecule has 0 spiro atoms. The summed E-state index contributed by atoms with van der Waals surface area (Å²) in [7, 11) is 0. The molecule has 2 heteroatoms. The van der Waals surface area contributed by atoms with Crippen LogP contribution >= 0.6 is 0 Å². The van der Waals surface area contributed by atoms with Crippen molar-refractivity contribution in [1.29, 1.82) is 0 Å². The molecule has 5 rings (SSSR count). The number of benzene rings is 2. The van der Waals surface area contributed by atoms with E-state index in [1.54, 1.807) is 0 Å². The molecule has 3 fully saturated rings. The summed E-state index contributed by atoms with van der Waals surface area (Å²) in [6.45, 7) is 6.61. The lowest BCUT2D eigenvalue weighted by atomic mass is 9.84. The topological polar surface area (TPSA) is 12.5 Å². The number of hydrogen-bond acceptors (Lipinski definition) is 2. The van der Waals surface area contributed by atoms with Crippen molar-refractivity contribution in [2.75, 3.05) is 26.2 Å². The Hall–Kier alpha value is -1.80. The average molecular weight is 364 g/mol. The lowest BCUT2D eigenvalue weighted by molar-refractivity contribution is 0.246. The van der Waals surface area contributed by atoms with E-state index in [1.807, 2.05) is 6.92 Å². The van der Waals surface area contributed by atoms with Crippen LogP contribution in [-0.2, 0) is 0 Å². The van der Waals surface area contributed by atoms with Gasteiger partial charge in [-0.3, -0.25) is 0 Å². The highest BCUT2D eigenvalue weighted by Crippen LogP contribution is 2.35. The minimum absolute atomic E-state index is 0.461. The quantitative estimate of drug-likeness (QED) is 0.623. The summed E-state index contributed by atoms with van der Waals surface area (Å²) >= 11 is 0. The van der Waals surface area contributed by atoms with E-state index in [2.05, 4.69) is 59.5 Å². The first kappa shape index (κ1) is 18.6. The third-order valence-corrected chi connectivity index (χ3v) is 6.53. The van der Waals surface area contributed by atoms with Gasteiger partial charge in [0, 0.05) is 19.0 Å². The molecule has 2 saturated heterocycles. The van der Waals surface area contributed by atoms with Gasteiger partial charge >= 0.3 is 0 Å². The van der Waals surface area contributed by atoms with Gasteiger partial charge < -0.3 is 9.64 Å². The molecule has 1 saturated carbocycles. The van der Waals surface area contributed by atoms with E-state index in [-0.39, 0.29) is 0 Å². The Kier molecular flexibility index (Phi) is 6.14. The van der Waals surface area contributed by atoms with Crippen molar-refractivity contribution >= 4 is 0 Å². The molecule has 1 unspecified atom stereocenters. The van der Waals surface area contributed by atoms with E-state index < -0.39 is 0 Å². The largest absolute Gasteiger partial charge is 0.494 e. The molecule has 2 aliphatic heterocycles. The molecule has 3 aliphatic rings. The number of rotatable bonds is 7. The van der Waals surface area contributed by atoms with Crippen LogP contribution in [0.15, 0.2) is 54.6 Å². The van der Waals surface area contributed by atoms with Crippen LogP contribution in [0.1, 0.15) is 56.1 Å².